The van der Waals surface area contributed by atoms with E-state index in [1.54, 1.807) is 0 Å². The van der Waals surface area contributed by atoms with E-state index in [9.17, 15) is 4.79 Å². The molecule has 2 N–H and O–H groups in total. The minimum absolute atomic E-state index is 0. The molecule has 0 bridgehead atoms. The van der Waals surface area contributed by atoms with E-state index in [-0.39, 0.29) is 24.4 Å². The summed E-state index contributed by atoms with van der Waals surface area (Å²) in [4.78, 5) is 12.2. The minimum Gasteiger partial charge on any atom is -0.338 e. The molecule has 22 heavy (non-hydrogen) atoms. The summed E-state index contributed by atoms with van der Waals surface area (Å²) in [6.45, 7) is 2.80. The van der Waals surface area contributed by atoms with Crippen molar-refractivity contribution >= 4 is 24.2 Å². The van der Waals surface area contributed by atoms with Gasteiger partial charge in [-0.3, -0.25) is 10.1 Å². The lowest BCUT2D eigenvalue weighted by Gasteiger charge is -2.21. The topological polar surface area (TPSA) is 67.2 Å². The zero-order chi connectivity index (χ0) is 14.7. The normalized spacial score (nSPS) is 17.6. The van der Waals surface area contributed by atoms with Crippen molar-refractivity contribution in [3.05, 3.63) is 35.9 Å². The number of hydrogen-bond acceptors (Lipinski definition) is 4. The lowest BCUT2D eigenvalue weighted by atomic mass is 10.0. The van der Waals surface area contributed by atoms with Crippen LogP contribution < -0.4 is 10.6 Å². The summed E-state index contributed by atoms with van der Waals surface area (Å²) >= 11 is 0. The number of amides is 1. The molecule has 2 heterocycles. The minimum atomic E-state index is -0.136. The highest BCUT2D eigenvalue weighted by Crippen LogP contribution is 2.27. The van der Waals surface area contributed by atoms with Crippen molar-refractivity contribution in [2.24, 2.45) is 0 Å². The van der Waals surface area contributed by atoms with E-state index in [1.165, 1.54) is 0 Å². The zero-order valence-electron chi connectivity index (χ0n) is 12.5. The molecular formula is C16H20ClN3O2. The molecule has 3 rings (SSSR count). The van der Waals surface area contributed by atoms with Crippen molar-refractivity contribution in [3.63, 3.8) is 0 Å². The maximum Gasteiger partial charge on any atom is 0.243 e. The van der Waals surface area contributed by atoms with E-state index < -0.39 is 0 Å². The monoisotopic (exact) mass is 321 g/mol. The van der Waals surface area contributed by atoms with Gasteiger partial charge in [0.15, 0.2) is 0 Å². The van der Waals surface area contributed by atoms with Gasteiger partial charge in [-0.2, -0.15) is 0 Å². The third-order valence-electron chi connectivity index (χ3n) is 3.83. The van der Waals surface area contributed by atoms with E-state index in [2.05, 4.69) is 15.8 Å². The summed E-state index contributed by atoms with van der Waals surface area (Å²) in [6.07, 6.45) is 3.07. The van der Waals surface area contributed by atoms with E-state index in [0.717, 1.165) is 42.6 Å². The number of aromatic nitrogens is 1. The second-order valence-corrected chi connectivity index (χ2v) is 5.34. The van der Waals surface area contributed by atoms with E-state index in [1.807, 2.05) is 37.3 Å². The Hall–Kier alpha value is -1.85. The zero-order valence-corrected chi connectivity index (χ0v) is 13.3. The van der Waals surface area contributed by atoms with Crippen LogP contribution in [0, 0.1) is 6.92 Å². The predicted octanol–water partition coefficient (Wildman–Crippen LogP) is 3.15. The molecule has 0 spiro atoms. The van der Waals surface area contributed by atoms with Gasteiger partial charge in [0.2, 0.25) is 11.8 Å². The van der Waals surface area contributed by atoms with Crippen molar-refractivity contribution in [2.75, 3.05) is 11.9 Å². The van der Waals surface area contributed by atoms with E-state index in [0.29, 0.717) is 5.88 Å². The molecule has 6 heteroatoms. The molecule has 1 amide bonds. The van der Waals surface area contributed by atoms with Crippen LogP contribution in [0.3, 0.4) is 0 Å². The Morgan fingerprint density at radius 2 is 2.09 bits per heavy atom. The van der Waals surface area contributed by atoms with Crippen LogP contribution in [0.1, 0.15) is 24.8 Å². The van der Waals surface area contributed by atoms with Crippen LogP contribution >= 0.6 is 12.4 Å². The number of nitrogens with one attached hydrogen (secondary N) is 2. The first-order valence-electron chi connectivity index (χ1n) is 7.31. The molecule has 0 unspecified atom stereocenters. The molecule has 1 aliphatic rings. The molecule has 1 aromatic heterocycles. The van der Waals surface area contributed by atoms with Crippen molar-refractivity contribution in [1.29, 1.82) is 0 Å². The first-order chi connectivity index (χ1) is 10.3. The van der Waals surface area contributed by atoms with Crippen LogP contribution in [0.4, 0.5) is 5.88 Å². The predicted molar refractivity (Wildman–Crippen MR) is 88.2 cm³/mol. The van der Waals surface area contributed by atoms with Crippen LogP contribution in [0.5, 0.6) is 0 Å². The maximum absolute atomic E-state index is 12.2. The highest BCUT2D eigenvalue weighted by atomic mass is 35.5. The summed E-state index contributed by atoms with van der Waals surface area (Å²) in [6, 6.07) is 9.67. The summed E-state index contributed by atoms with van der Waals surface area (Å²) in [7, 11) is 0. The summed E-state index contributed by atoms with van der Waals surface area (Å²) in [5, 5.41) is 10.1. The molecule has 0 radical (unpaired) electrons. The molecule has 1 aromatic carbocycles. The van der Waals surface area contributed by atoms with Crippen LogP contribution in [0.15, 0.2) is 34.9 Å². The molecule has 118 valence electrons. The SMILES string of the molecule is Cc1c(-c2ccccc2)noc1NC(=O)[C@@H]1CCCCN1.Cl. The highest BCUT2D eigenvalue weighted by Gasteiger charge is 2.23. The second-order valence-electron chi connectivity index (χ2n) is 5.34. The Kier molecular flexibility index (Phi) is 5.57. The molecule has 1 aliphatic heterocycles. The molecule has 0 aliphatic carbocycles. The molecule has 1 fully saturated rings. The number of piperidine rings is 1. The van der Waals surface area contributed by atoms with Crippen LogP contribution in [-0.4, -0.2) is 23.7 Å². The first kappa shape index (κ1) is 16.5. The van der Waals surface area contributed by atoms with Gasteiger partial charge in [0.25, 0.3) is 0 Å². The summed E-state index contributed by atoms with van der Waals surface area (Å²) in [5.41, 5.74) is 2.60. The van der Waals surface area contributed by atoms with Crippen LogP contribution in [0.25, 0.3) is 11.3 Å². The fraction of sp³-hybridized carbons (Fsp3) is 0.375. The van der Waals surface area contributed by atoms with E-state index in [4.69, 9.17) is 4.52 Å². The van der Waals surface area contributed by atoms with Gasteiger partial charge in [0.1, 0.15) is 5.69 Å². The van der Waals surface area contributed by atoms with Crippen LogP contribution in [0.2, 0.25) is 0 Å². The fourth-order valence-electron chi connectivity index (χ4n) is 2.59. The molecule has 5 nitrogen and oxygen atoms in total. The Bertz CT molecular complexity index is 622. The molecule has 1 atom stereocenters. The number of halogens is 1. The highest BCUT2D eigenvalue weighted by molar-refractivity contribution is 5.94. The molecular weight excluding hydrogens is 302 g/mol. The van der Waals surface area contributed by atoms with Gasteiger partial charge in [-0.25, -0.2) is 0 Å². The Balaban J connectivity index is 0.00000176. The number of anilines is 1. The van der Waals surface area contributed by atoms with Crippen molar-refractivity contribution in [1.82, 2.24) is 10.5 Å². The number of carbonyl (C=O) groups is 1. The lowest BCUT2D eigenvalue weighted by Crippen LogP contribution is -2.43. The number of hydrogen-bond donors (Lipinski definition) is 2. The van der Waals surface area contributed by atoms with Gasteiger partial charge in [0.05, 0.1) is 6.04 Å². The van der Waals surface area contributed by atoms with Gasteiger partial charge in [-0.1, -0.05) is 41.9 Å². The van der Waals surface area contributed by atoms with Crippen molar-refractivity contribution in [3.8, 4) is 11.3 Å². The standard InChI is InChI=1S/C16H19N3O2.ClH/c1-11-14(12-7-3-2-4-8-12)19-21-16(11)18-15(20)13-9-5-6-10-17-13;/h2-4,7-8,13,17H,5-6,9-10H2,1H3,(H,18,20);1H/t13-;/m0./s1. The van der Waals surface area contributed by atoms with Gasteiger partial charge in [-0.05, 0) is 26.3 Å². The van der Waals surface area contributed by atoms with Gasteiger partial charge in [0, 0.05) is 11.1 Å². The summed E-state index contributed by atoms with van der Waals surface area (Å²) < 4.78 is 5.30. The third kappa shape index (κ3) is 3.48. The average Bonchev–Trinajstić information content (AvgIpc) is 2.90. The van der Waals surface area contributed by atoms with Gasteiger partial charge in [-0.15, -0.1) is 12.4 Å². The summed E-state index contributed by atoms with van der Waals surface area (Å²) in [5.74, 6) is 0.389. The van der Waals surface area contributed by atoms with Crippen molar-refractivity contribution in [2.45, 2.75) is 32.2 Å². The van der Waals surface area contributed by atoms with Gasteiger partial charge >= 0.3 is 0 Å². The number of rotatable bonds is 3. The second kappa shape index (κ2) is 7.42. The molecule has 1 saturated heterocycles. The van der Waals surface area contributed by atoms with Crippen LogP contribution in [-0.2, 0) is 4.79 Å². The Morgan fingerprint density at radius 1 is 1.32 bits per heavy atom. The Labute approximate surface area is 135 Å². The first-order valence-corrected chi connectivity index (χ1v) is 7.31. The fourth-order valence-corrected chi connectivity index (χ4v) is 2.59. The number of nitrogens with zero attached hydrogens (tertiary/aromatic N) is 1. The van der Waals surface area contributed by atoms with E-state index >= 15 is 0 Å². The van der Waals surface area contributed by atoms with Crippen molar-refractivity contribution < 1.29 is 9.32 Å². The quantitative estimate of drug-likeness (QED) is 0.911. The molecule has 0 saturated carbocycles. The smallest absolute Gasteiger partial charge is 0.243 e. The van der Waals surface area contributed by atoms with Gasteiger partial charge < -0.3 is 9.84 Å². The lowest BCUT2D eigenvalue weighted by molar-refractivity contribution is -0.118. The largest absolute Gasteiger partial charge is 0.338 e. The molecule has 2 aromatic rings. The average molecular weight is 322 g/mol. The number of benzene rings is 1. The number of carbonyl (C=O) groups excluding carboxylic acids is 1. The Morgan fingerprint density at radius 3 is 2.77 bits per heavy atom. The third-order valence-corrected chi connectivity index (χ3v) is 3.83. The maximum atomic E-state index is 12.2.